The van der Waals surface area contributed by atoms with Gasteiger partial charge in [0.25, 0.3) is 0 Å². The van der Waals surface area contributed by atoms with Gasteiger partial charge in [0.1, 0.15) is 5.82 Å². The molecule has 0 atom stereocenters. The summed E-state index contributed by atoms with van der Waals surface area (Å²) in [5.41, 5.74) is 10.0. The van der Waals surface area contributed by atoms with E-state index in [4.69, 9.17) is 5.73 Å². The average Bonchev–Trinajstić information content (AvgIpc) is 2.95. The van der Waals surface area contributed by atoms with Gasteiger partial charge in [-0.3, -0.25) is 4.68 Å². The van der Waals surface area contributed by atoms with Crippen LogP contribution in [0.15, 0.2) is 42.7 Å². The molecule has 2 heterocycles. The third kappa shape index (κ3) is 1.89. The van der Waals surface area contributed by atoms with Crippen molar-refractivity contribution in [2.75, 3.05) is 5.73 Å². The van der Waals surface area contributed by atoms with E-state index in [1.807, 2.05) is 50.5 Å². The van der Waals surface area contributed by atoms with Crippen LogP contribution in [0.3, 0.4) is 0 Å². The number of anilines is 1. The van der Waals surface area contributed by atoms with E-state index in [1.54, 1.807) is 15.6 Å². The van der Waals surface area contributed by atoms with Gasteiger partial charge >= 0.3 is 0 Å². The second-order valence-corrected chi connectivity index (χ2v) is 4.50. The molecule has 0 bridgehead atoms. The summed E-state index contributed by atoms with van der Waals surface area (Å²) < 4.78 is 3.52. The Morgan fingerprint density at radius 1 is 1.16 bits per heavy atom. The summed E-state index contributed by atoms with van der Waals surface area (Å²) in [4.78, 5) is 0. The molecule has 3 aromatic rings. The first-order valence-electron chi connectivity index (χ1n) is 6.06. The highest BCUT2D eigenvalue weighted by Crippen LogP contribution is 2.30. The number of aryl methyl sites for hydroxylation is 2. The molecule has 0 aliphatic carbocycles. The molecule has 1 aromatic carbocycles. The van der Waals surface area contributed by atoms with Crippen molar-refractivity contribution in [3.8, 4) is 16.8 Å². The van der Waals surface area contributed by atoms with Crippen LogP contribution < -0.4 is 5.73 Å². The maximum Gasteiger partial charge on any atom is 0.135 e. The molecule has 96 valence electrons. The number of hydrogen-bond donors (Lipinski definition) is 1. The first-order chi connectivity index (χ1) is 9.16. The second-order valence-electron chi connectivity index (χ2n) is 4.50. The molecule has 0 aliphatic heterocycles. The molecule has 5 nitrogen and oxygen atoms in total. The minimum absolute atomic E-state index is 0.636. The molecule has 2 aromatic heterocycles. The number of benzene rings is 1. The highest BCUT2D eigenvalue weighted by molar-refractivity contribution is 5.76. The lowest BCUT2D eigenvalue weighted by atomic mass is 10.1. The quantitative estimate of drug-likeness (QED) is 0.761. The molecule has 0 unspecified atom stereocenters. The summed E-state index contributed by atoms with van der Waals surface area (Å²) in [6.07, 6.45) is 3.74. The highest BCUT2D eigenvalue weighted by atomic mass is 15.3. The number of nitrogen functional groups attached to an aromatic ring is 1. The Bertz CT molecular complexity index is 709. The molecule has 0 spiro atoms. The second kappa shape index (κ2) is 4.28. The third-order valence-corrected chi connectivity index (χ3v) is 3.09. The fourth-order valence-electron chi connectivity index (χ4n) is 2.22. The molecule has 5 heteroatoms. The van der Waals surface area contributed by atoms with Crippen LogP contribution >= 0.6 is 0 Å². The van der Waals surface area contributed by atoms with E-state index < -0.39 is 0 Å². The maximum atomic E-state index is 6.24. The van der Waals surface area contributed by atoms with Crippen LogP contribution in [0, 0.1) is 6.92 Å². The SMILES string of the molecule is Cc1nn(-c2ccccc2)c(N)c1-c1cnn(C)c1. The molecule has 0 saturated heterocycles. The third-order valence-electron chi connectivity index (χ3n) is 3.09. The molecule has 0 fully saturated rings. The predicted molar refractivity (Wildman–Crippen MR) is 74.9 cm³/mol. The predicted octanol–water partition coefficient (Wildman–Crippen LogP) is 2.16. The van der Waals surface area contributed by atoms with Crippen LogP contribution in [0.4, 0.5) is 5.82 Å². The topological polar surface area (TPSA) is 61.7 Å². The first-order valence-corrected chi connectivity index (χ1v) is 6.06. The minimum Gasteiger partial charge on any atom is -0.383 e. The van der Waals surface area contributed by atoms with Crippen molar-refractivity contribution in [1.29, 1.82) is 0 Å². The van der Waals surface area contributed by atoms with Gasteiger partial charge in [0.05, 0.1) is 23.1 Å². The van der Waals surface area contributed by atoms with Crippen LogP contribution in [0.2, 0.25) is 0 Å². The molecule has 2 N–H and O–H groups in total. The lowest BCUT2D eigenvalue weighted by Crippen LogP contribution is -2.01. The van der Waals surface area contributed by atoms with E-state index in [0.717, 1.165) is 22.5 Å². The number of rotatable bonds is 2. The van der Waals surface area contributed by atoms with Crippen LogP contribution in [0.5, 0.6) is 0 Å². The van der Waals surface area contributed by atoms with E-state index in [1.165, 1.54) is 0 Å². The summed E-state index contributed by atoms with van der Waals surface area (Å²) in [7, 11) is 1.89. The number of nitrogens with two attached hydrogens (primary N) is 1. The summed E-state index contributed by atoms with van der Waals surface area (Å²) >= 11 is 0. The van der Waals surface area contributed by atoms with Gasteiger partial charge in [-0.1, -0.05) is 18.2 Å². The van der Waals surface area contributed by atoms with Crippen LogP contribution in [0.1, 0.15) is 5.69 Å². The highest BCUT2D eigenvalue weighted by Gasteiger charge is 2.16. The van der Waals surface area contributed by atoms with Gasteiger partial charge in [0, 0.05) is 18.8 Å². The first kappa shape index (κ1) is 11.5. The fraction of sp³-hybridized carbons (Fsp3) is 0.143. The van der Waals surface area contributed by atoms with Crippen LogP contribution in [-0.4, -0.2) is 19.6 Å². The summed E-state index contributed by atoms with van der Waals surface area (Å²) in [5.74, 6) is 0.636. The van der Waals surface area contributed by atoms with E-state index >= 15 is 0 Å². The Balaban J connectivity index is 2.16. The molecule has 0 aliphatic rings. The number of para-hydroxylation sites is 1. The van der Waals surface area contributed by atoms with E-state index in [9.17, 15) is 0 Å². The Morgan fingerprint density at radius 3 is 2.53 bits per heavy atom. The van der Waals surface area contributed by atoms with E-state index in [-0.39, 0.29) is 0 Å². The van der Waals surface area contributed by atoms with Crippen molar-refractivity contribution in [2.45, 2.75) is 6.92 Å². The molecule has 0 amide bonds. The van der Waals surface area contributed by atoms with E-state index in [0.29, 0.717) is 5.82 Å². The monoisotopic (exact) mass is 253 g/mol. The largest absolute Gasteiger partial charge is 0.383 e. The van der Waals surface area contributed by atoms with Crippen LogP contribution in [-0.2, 0) is 7.05 Å². The van der Waals surface area contributed by atoms with Crippen molar-refractivity contribution < 1.29 is 0 Å². The van der Waals surface area contributed by atoms with Gasteiger partial charge in [-0.25, -0.2) is 4.68 Å². The number of aromatic nitrogens is 4. The van der Waals surface area contributed by atoms with Gasteiger partial charge < -0.3 is 5.73 Å². The zero-order chi connectivity index (χ0) is 13.4. The zero-order valence-corrected chi connectivity index (χ0v) is 10.9. The number of hydrogen-bond acceptors (Lipinski definition) is 3. The summed E-state index contributed by atoms with van der Waals surface area (Å²) in [5, 5.41) is 8.70. The van der Waals surface area contributed by atoms with E-state index in [2.05, 4.69) is 10.2 Å². The molecule has 0 radical (unpaired) electrons. The Hall–Kier alpha value is -2.56. The maximum absolute atomic E-state index is 6.24. The van der Waals surface area contributed by atoms with Gasteiger partial charge in [-0.05, 0) is 19.1 Å². The van der Waals surface area contributed by atoms with Gasteiger partial charge in [0.2, 0.25) is 0 Å². The molecule has 0 saturated carbocycles. The summed E-state index contributed by atoms with van der Waals surface area (Å²) in [6.45, 7) is 1.96. The number of nitrogens with zero attached hydrogens (tertiary/aromatic N) is 4. The Labute approximate surface area is 111 Å². The van der Waals surface area contributed by atoms with Crippen molar-refractivity contribution >= 4 is 5.82 Å². The Kier molecular flexibility index (Phi) is 2.59. The summed E-state index contributed by atoms with van der Waals surface area (Å²) in [6, 6.07) is 9.87. The standard InChI is InChI=1S/C14H15N5/c1-10-13(11-8-16-18(2)9-11)14(15)19(17-10)12-6-4-3-5-7-12/h3-9H,15H2,1-2H3. The minimum atomic E-state index is 0.636. The van der Waals surface area contributed by atoms with Gasteiger partial charge in [-0.15, -0.1) is 0 Å². The van der Waals surface area contributed by atoms with Crippen molar-refractivity contribution in [3.05, 3.63) is 48.4 Å². The lowest BCUT2D eigenvalue weighted by Gasteiger charge is -2.03. The van der Waals surface area contributed by atoms with Crippen molar-refractivity contribution in [1.82, 2.24) is 19.6 Å². The Morgan fingerprint density at radius 2 is 1.89 bits per heavy atom. The smallest absolute Gasteiger partial charge is 0.135 e. The average molecular weight is 253 g/mol. The van der Waals surface area contributed by atoms with Crippen LogP contribution in [0.25, 0.3) is 16.8 Å². The molecular formula is C14H15N5. The van der Waals surface area contributed by atoms with Crippen molar-refractivity contribution in [2.24, 2.45) is 7.05 Å². The molecule has 19 heavy (non-hydrogen) atoms. The fourth-order valence-corrected chi connectivity index (χ4v) is 2.22. The normalized spacial score (nSPS) is 10.8. The molecule has 3 rings (SSSR count). The van der Waals surface area contributed by atoms with Gasteiger partial charge in [-0.2, -0.15) is 10.2 Å². The lowest BCUT2D eigenvalue weighted by molar-refractivity contribution is 0.768. The molecular weight excluding hydrogens is 238 g/mol. The van der Waals surface area contributed by atoms with Gasteiger partial charge in [0.15, 0.2) is 0 Å². The zero-order valence-electron chi connectivity index (χ0n) is 10.9. The van der Waals surface area contributed by atoms with Crippen molar-refractivity contribution in [3.63, 3.8) is 0 Å².